The van der Waals surface area contributed by atoms with Crippen molar-refractivity contribution in [3.63, 3.8) is 0 Å². The molecule has 0 bridgehead atoms. The summed E-state index contributed by atoms with van der Waals surface area (Å²) in [6.45, 7) is 1.62. The predicted molar refractivity (Wildman–Crippen MR) is 69.3 cm³/mol. The summed E-state index contributed by atoms with van der Waals surface area (Å²) < 4.78 is 29.8. The fourth-order valence-electron chi connectivity index (χ4n) is 1.44. The third kappa shape index (κ3) is 4.07. The van der Waals surface area contributed by atoms with Crippen LogP contribution in [0.15, 0.2) is 18.2 Å². The van der Waals surface area contributed by atoms with Gasteiger partial charge in [-0.15, -0.1) is 0 Å². The molecule has 1 rings (SSSR count). The molecule has 0 saturated carbocycles. The highest BCUT2D eigenvalue weighted by Crippen LogP contribution is 2.21. The van der Waals surface area contributed by atoms with Gasteiger partial charge in [-0.25, -0.2) is 4.39 Å². The monoisotopic (exact) mass is 292 g/mol. The Labute approximate surface area is 113 Å². The number of hydrogen-bond donors (Lipinski definition) is 0. The van der Waals surface area contributed by atoms with Gasteiger partial charge in [0.1, 0.15) is 5.82 Å². The molecule has 18 heavy (non-hydrogen) atoms. The summed E-state index contributed by atoms with van der Waals surface area (Å²) in [7, 11) is -0.0958. The average Bonchev–Trinajstić information content (AvgIpc) is 2.32. The molecule has 2 unspecified atom stereocenters. The number of esters is 1. The molecule has 0 heterocycles. The lowest BCUT2D eigenvalue weighted by atomic mass is 10.2. The van der Waals surface area contributed by atoms with Crippen LogP contribution in [0.25, 0.3) is 0 Å². The Balaban J connectivity index is 2.68. The Kier molecular flexibility index (Phi) is 5.75. The number of methoxy groups -OCH3 is 1. The van der Waals surface area contributed by atoms with Crippen LogP contribution in [0, 0.1) is 11.7 Å². The Morgan fingerprint density at radius 3 is 2.78 bits per heavy atom. The molecule has 0 aliphatic heterocycles. The van der Waals surface area contributed by atoms with Gasteiger partial charge < -0.3 is 4.74 Å². The van der Waals surface area contributed by atoms with Gasteiger partial charge in [-0.1, -0.05) is 24.6 Å². The zero-order valence-electron chi connectivity index (χ0n) is 10.1. The molecule has 3 nitrogen and oxygen atoms in total. The molecule has 100 valence electrons. The van der Waals surface area contributed by atoms with Crippen LogP contribution in [0.4, 0.5) is 4.39 Å². The van der Waals surface area contributed by atoms with Crippen LogP contribution in [0.2, 0.25) is 5.02 Å². The van der Waals surface area contributed by atoms with Gasteiger partial charge in [-0.3, -0.25) is 9.00 Å². The maximum absolute atomic E-state index is 13.5. The lowest BCUT2D eigenvalue weighted by Gasteiger charge is -2.10. The Hall–Kier alpha value is -0.940. The fraction of sp³-hybridized carbons (Fsp3) is 0.417. The second kappa shape index (κ2) is 6.85. The van der Waals surface area contributed by atoms with Gasteiger partial charge in [0.05, 0.1) is 18.8 Å². The van der Waals surface area contributed by atoms with Crippen molar-refractivity contribution in [1.82, 2.24) is 0 Å². The first-order valence-corrected chi connectivity index (χ1v) is 7.18. The number of hydrogen-bond acceptors (Lipinski definition) is 3. The number of carbonyl (C=O) groups excluding carboxylic acids is 1. The van der Waals surface area contributed by atoms with Crippen molar-refractivity contribution in [2.24, 2.45) is 5.92 Å². The molecule has 6 heteroatoms. The zero-order valence-corrected chi connectivity index (χ0v) is 11.7. The molecular formula is C12H14ClFO3S. The normalized spacial score (nSPS) is 14.0. The number of benzene rings is 1. The van der Waals surface area contributed by atoms with Crippen LogP contribution in [0.5, 0.6) is 0 Å². The first kappa shape index (κ1) is 15.1. The number of carbonyl (C=O) groups is 1. The molecule has 0 aliphatic rings. The number of halogens is 2. The van der Waals surface area contributed by atoms with E-state index >= 15 is 0 Å². The number of rotatable bonds is 5. The van der Waals surface area contributed by atoms with E-state index in [1.807, 2.05) is 0 Å². The van der Waals surface area contributed by atoms with Crippen molar-refractivity contribution in [1.29, 1.82) is 0 Å². The summed E-state index contributed by atoms with van der Waals surface area (Å²) in [6.07, 6.45) is 0. The molecule has 0 aliphatic carbocycles. The van der Waals surface area contributed by atoms with Crippen molar-refractivity contribution in [3.05, 3.63) is 34.6 Å². The van der Waals surface area contributed by atoms with Crippen LogP contribution in [0.3, 0.4) is 0 Å². The van der Waals surface area contributed by atoms with Crippen LogP contribution in [0.1, 0.15) is 12.5 Å². The molecule has 0 N–H and O–H groups in total. The van der Waals surface area contributed by atoms with Gasteiger partial charge in [-0.2, -0.15) is 0 Å². The Morgan fingerprint density at radius 2 is 2.22 bits per heavy atom. The predicted octanol–water partition coefficient (Wildman–Crippen LogP) is 2.54. The van der Waals surface area contributed by atoms with E-state index in [1.165, 1.54) is 19.2 Å². The highest BCUT2D eigenvalue weighted by Gasteiger charge is 2.18. The lowest BCUT2D eigenvalue weighted by Crippen LogP contribution is -2.20. The maximum atomic E-state index is 13.5. The smallest absolute Gasteiger partial charge is 0.309 e. The third-order valence-corrected chi connectivity index (χ3v) is 4.24. The second-order valence-electron chi connectivity index (χ2n) is 3.88. The summed E-state index contributed by atoms with van der Waals surface area (Å²) in [5.41, 5.74) is 0.217. The van der Waals surface area contributed by atoms with Crippen molar-refractivity contribution < 1.29 is 18.1 Å². The summed E-state index contributed by atoms with van der Waals surface area (Å²) in [4.78, 5) is 11.2. The molecule has 1 aromatic carbocycles. The van der Waals surface area contributed by atoms with E-state index in [0.29, 0.717) is 0 Å². The van der Waals surface area contributed by atoms with Gasteiger partial charge in [0.25, 0.3) is 0 Å². The summed E-state index contributed by atoms with van der Waals surface area (Å²) in [6, 6.07) is 4.30. The third-order valence-electron chi connectivity index (χ3n) is 2.41. The minimum absolute atomic E-state index is 0.00710. The van der Waals surface area contributed by atoms with E-state index < -0.39 is 28.5 Å². The van der Waals surface area contributed by atoms with E-state index in [4.69, 9.17) is 11.6 Å². The summed E-state index contributed by atoms with van der Waals surface area (Å²) >= 11 is 5.83. The van der Waals surface area contributed by atoms with Crippen LogP contribution in [-0.4, -0.2) is 23.0 Å². The van der Waals surface area contributed by atoms with Gasteiger partial charge in [0.15, 0.2) is 0 Å². The van der Waals surface area contributed by atoms with Crippen LogP contribution in [-0.2, 0) is 26.1 Å². The van der Waals surface area contributed by atoms with E-state index in [-0.39, 0.29) is 22.1 Å². The minimum atomic E-state index is -1.37. The van der Waals surface area contributed by atoms with E-state index in [1.54, 1.807) is 13.0 Å². The Morgan fingerprint density at radius 1 is 1.56 bits per heavy atom. The highest BCUT2D eigenvalue weighted by molar-refractivity contribution is 7.84. The van der Waals surface area contributed by atoms with Gasteiger partial charge in [0.2, 0.25) is 0 Å². The molecule has 2 atom stereocenters. The average molecular weight is 293 g/mol. The van der Waals surface area contributed by atoms with Gasteiger partial charge >= 0.3 is 5.97 Å². The van der Waals surface area contributed by atoms with Crippen LogP contribution >= 0.6 is 11.6 Å². The molecule has 0 radical (unpaired) electrons. The molecule has 0 amide bonds. The van der Waals surface area contributed by atoms with Crippen molar-refractivity contribution >= 4 is 28.4 Å². The van der Waals surface area contributed by atoms with Crippen molar-refractivity contribution in [3.8, 4) is 0 Å². The van der Waals surface area contributed by atoms with E-state index in [9.17, 15) is 13.4 Å². The zero-order chi connectivity index (χ0) is 13.7. The summed E-state index contributed by atoms with van der Waals surface area (Å²) in [5, 5.41) is 0.245. The van der Waals surface area contributed by atoms with Crippen molar-refractivity contribution in [2.75, 3.05) is 12.9 Å². The SMILES string of the molecule is COC(=O)C(C)CS(=O)Cc1c(F)cccc1Cl. The lowest BCUT2D eigenvalue weighted by molar-refractivity contribution is -0.144. The first-order valence-electron chi connectivity index (χ1n) is 5.31. The molecule has 1 aromatic rings. The number of ether oxygens (including phenoxy) is 1. The van der Waals surface area contributed by atoms with Crippen molar-refractivity contribution in [2.45, 2.75) is 12.7 Å². The quantitative estimate of drug-likeness (QED) is 0.783. The van der Waals surface area contributed by atoms with E-state index in [2.05, 4.69) is 4.74 Å². The topological polar surface area (TPSA) is 43.4 Å². The first-order chi connectivity index (χ1) is 8.45. The van der Waals surface area contributed by atoms with Gasteiger partial charge in [0, 0.05) is 27.1 Å². The van der Waals surface area contributed by atoms with Crippen LogP contribution < -0.4 is 0 Å². The second-order valence-corrected chi connectivity index (χ2v) is 5.78. The molecule has 0 aromatic heterocycles. The molecule has 0 saturated heterocycles. The van der Waals surface area contributed by atoms with E-state index in [0.717, 1.165) is 0 Å². The van der Waals surface area contributed by atoms with Gasteiger partial charge in [-0.05, 0) is 12.1 Å². The Bertz CT molecular complexity index is 444. The highest BCUT2D eigenvalue weighted by atomic mass is 35.5. The standard InChI is InChI=1S/C12H14ClFO3S/c1-8(12(15)17-2)6-18(16)7-9-10(13)4-3-5-11(9)14/h3-5,8H,6-7H2,1-2H3. The minimum Gasteiger partial charge on any atom is -0.469 e. The molecule has 0 fully saturated rings. The molecule has 0 spiro atoms. The summed E-state index contributed by atoms with van der Waals surface area (Å²) in [5.74, 6) is -1.28. The molecular weight excluding hydrogens is 279 g/mol. The largest absolute Gasteiger partial charge is 0.469 e. The maximum Gasteiger partial charge on any atom is 0.309 e. The fourth-order valence-corrected chi connectivity index (χ4v) is 3.17.